The molecule has 4 heteroatoms. The van der Waals surface area contributed by atoms with Crippen LogP contribution in [0, 0.1) is 0 Å². The molecule has 0 aromatic heterocycles. The van der Waals surface area contributed by atoms with Crippen molar-refractivity contribution in [2.75, 3.05) is 33.9 Å². The fourth-order valence-corrected chi connectivity index (χ4v) is 1.75. The number of hydrogen-bond acceptors (Lipinski definition) is 3. The fourth-order valence-electron chi connectivity index (χ4n) is 1.75. The molecule has 1 heterocycles. The van der Waals surface area contributed by atoms with Crippen molar-refractivity contribution in [1.82, 2.24) is 15.1 Å². The smallest absolute Gasteiger partial charge is 0.240 e. The van der Waals surface area contributed by atoms with Crippen LogP contribution in [0.1, 0.15) is 26.2 Å². The van der Waals surface area contributed by atoms with Gasteiger partial charge in [-0.1, -0.05) is 19.8 Å². The zero-order valence-electron chi connectivity index (χ0n) is 10.1. The van der Waals surface area contributed by atoms with E-state index < -0.39 is 0 Å². The van der Waals surface area contributed by atoms with Gasteiger partial charge in [0.05, 0.1) is 12.7 Å². The molecule has 1 saturated heterocycles. The van der Waals surface area contributed by atoms with Crippen molar-refractivity contribution >= 4 is 5.91 Å². The molecular weight excluding hydrogens is 190 g/mol. The number of likely N-dealkylation sites (N-methyl/N-ethyl adjacent to an activating group) is 1. The van der Waals surface area contributed by atoms with Crippen molar-refractivity contribution in [3.8, 4) is 0 Å². The maximum Gasteiger partial charge on any atom is 0.240 e. The zero-order chi connectivity index (χ0) is 11.3. The Morgan fingerprint density at radius 3 is 2.87 bits per heavy atom. The molecule has 1 rings (SSSR count). The van der Waals surface area contributed by atoms with Crippen molar-refractivity contribution in [2.45, 2.75) is 32.2 Å². The van der Waals surface area contributed by atoms with E-state index in [1.165, 1.54) is 0 Å². The molecule has 0 spiro atoms. The number of unbranched alkanes of at least 4 members (excludes halogenated alkanes) is 1. The third-order valence-electron chi connectivity index (χ3n) is 2.80. The van der Waals surface area contributed by atoms with Crippen LogP contribution in [0.5, 0.6) is 0 Å². The van der Waals surface area contributed by atoms with Crippen LogP contribution in [0.15, 0.2) is 0 Å². The highest BCUT2D eigenvalue weighted by Crippen LogP contribution is 2.09. The number of carbonyl (C=O) groups is 1. The summed E-state index contributed by atoms with van der Waals surface area (Å²) in [6.07, 6.45) is 3.27. The maximum atomic E-state index is 11.9. The van der Waals surface area contributed by atoms with Crippen LogP contribution in [0.2, 0.25) is 0 Å². The van der Waals surface area contributed by atoms with Crippen molar-refractivity contribution in [3.63, 3.8) is 0 Å². The topological polar surface area (TPSA) is 35.6 Å². The molecule has 1 atom stereocenters. The second-order valence-electron chi connectivity index (χ2n) is 4.46. The van der Waals surface area contributed by atoms with E-state index in [1.54, 1.807) is 0 Å². The summed E-state index contributed by atoms with van der Waals surface area (Å²) in [6, 6.07) is 0.0760. The Labute approximate surface area is 92.6 Å². The van der Waals surface area contributed by atoms with E-state index >= 15 is 0 Å². The molecule has 88 valence electrons. The van der Waals surface area contributed by atoms with Crippen molar-refractivity contribution in [3.05, 3.63) is 0 Å². The second kappa shape index (κ2) is 6.08. The Hall–Kier alpha value is -0.610. The van der Waals surface area contributed by atoms with Gasteiger partial charge < -0.3 is 9.80 Å². The first-order chi connectivity index (χ1) is 7.15. The largest absolute Gasteiger partial charge is 0.327 e. The average molecular weight is 213 g/mol. The number of carbonyl (C=O) groups excluding carboxylic acids is 1. The molecule has 1 aliphatic heterocycles. The standard InChI is InChI=1S/C11H23N3O/c1-4-5-6-10-11(15)14(9-12-10)8-7-13(2)3/h10,12H,4-9H2,1-3H3. The summed E-state index contributed by atoms with van der Waals surface area (Å²) < 4.78 is 0. The molecular formula is C11H23N3O. The molecule has 0 aliphatic carbocycles. The average Bonchev–Trinajstić information content (AvgIpc) is 2.54. The lowest BCUT2D eigenvalue weighted by atomic mass is 10.1. The third-order valence-corrected chi connectivity index (χ3v) is 2.80. The summed E-state index contributed by atoms with van der Waals surface area (Å²) in [4.78, 5) is 15.9. The first kappa shape index (κ1) is 12.5. The zero-order valence-corrected chi connectivity index (χ0v) is 10.1. The van der Waals surface area contributed by atoms with E-state index in [0.29, 0.717) is 0 Å². The van der Waals surface area contributed by atoms with E-state index in [2.05, 4.69) is 17.1 Å². The molecule has 15 heavy (non-hydrogen) atoms. The number of hydrogen-bond donors (Lipinski definition) is 1. The fraction of sp³-hybridized carbons (Fsp3) is 0.909. The summed E-state index contributed by atoms with van der Waals surface area (Å²) in [6.45, 7) is 4.65. The van der Waals surface area contributed by atoms with Gasteiger partial charge in [-0.25, -0.2) is 0 Å². The van der Waals surface area contributed by atoms with Gasteiger partial charge in [-0.2, -0.15) is 0 Å². The highest BCUT2D eigenvalue weighted by Gasteiger charge is 2.29. The Morgan fingerprint density at radius 1 is 1.53 bits per heavy atom. The summed E-state index contributed by atoms with van der Waals surface area (Å²) in [5.74, 6) is 0.283. The highest BCUT2D eigenvalue weighted by atomic mass is 16.2. The van der Waals surface area contributed by atoms with E-state index in [-0.39, 0.29) is 11.9 Å². The molecule has 0 saturated carbocycles. The Bertz CT molecular complexity index is 206. The van der Waals surface area contributed by atoms with Crippen LogP contribution < -0.4 is 5.32 Å². The number of nitrogens with one attached hydrogen (secondary N) is 1. The van der Waals surface area contributed by atoms with Crippen LogP contribution in [0.4, 0.5) is 0 Å². The molecule has 1 aliphatic rings. The molecule has 1 fully saturated rings. The minimum Gasteiger partial charge on any atom is -0.327 e. The quantitative estimate of drug-likeness (QED) is 0.698. The van der Waals surface area contributed by atoms with Crippen LogP contribution in [-0.4, -0.2) is 55.6 Å². The first-order valence-corrected chi connectivity index (χ1v) is 5.82. The van der Waals surface area contributed by atoms with E-state index in [9.17, 15) is 4.79 Å². The number of amides is 1. The van der Waals surface area contributed by atoms with Gasteiger partial charge in [-0.05, 0) is 20.5 Å². The lowest BCUT2D eigenvalue weighted by molar-refractivity contribution is -0.129. The van der Waals surface area contributed by atoms with Crippen LogP contribution in [0.3, 0.4) is 0 Å². The highest BCUT2D eigenvalue weighted by molar-refractivity contribution is 5.83. The summed E-state index contributed by atoms with van der Waals surface area (Å²) in [5, 5.41) is 3.27. The molecule has 0 aromatic carbocycles. The Kier molecular flexibility index (Phi) is 5.05. The SMILES string of the molecule is CCCCC1NCN(CCN(C)C)C1=O. The molecule has 0 radical (unpaired) electrons. The summed E-state index contributed by atoms with van der Waals surface area (Å²) in [5.41, 5.74) is 0. The Morgan fingerprint density at radius 2 is 2.27 bits per heavy atom. The predicted octanol–water partition coefficient (Wildman–Crippen LogP) is 0.496. The molecule has 1 unspecified atom stereocenters. The molecule has 4 nitrogen and oxygen atoms in total. The van der Waals surface area contributed by atoms with Gasteiger partial charge >= 0.3 is 0 Å². The minimum atomic E-state index is 0.0760. The maximum absolute atomic E-state index is 11.9. The predicted molar refractivity (Wildman–Crippen MR) is 61.6 cm³/mol. The summed E-state index contributed by atoms with van der Waals surface area (Å²) >= 11 is 0. The van der Waals surface area contributed by atoms with E-state index in [0.717, 1.165) is 39.0 Å². The van der Waals surface area contributed by atoms with Crippen molar-refractivity contribution < 1.29 is 4.79 Å². The molecule has 1 N–H and O–H groups in total. The number of nitrogens with zero attached hydrogens (tertiary/aromatic N) is 2. The van der Waals surface area contributed by atoms with E-state index in [4.69, 9.17) is 0 Å². The third kappa shape index (κ3) is 3.80. The monoisotopic (exact) mass is 213 g/mol. The molecule has 0 bridgehead atoms. The van der Waals surface area contributed by atoms with Gasteiger partial charge in [-0.3, -0.25) is 10.1 Å². The van der Waals surface area contributed by atoms with E-state index in [1.807, 2.05) is 19.0 Å². The molecule has 0 aromatic rings. The van der Waals surface area contributed by atoms with Gasteiger partial charge in [0.25, 0.3) is 0 Å². The van der Waals surface area contributed by atoms with Gasteiger partial charge in [0.15, 0.2) is 0 Å². The Balaban J connectivity index is 2.29. The summed E-state index contributed by atoms with van der Waals surface area (Å²) in [7, 11) is 4.06. The van der Waals surface area contributed by atoms with Crippen LogP contribution >= 0.6 is 0 Å². The first-order valence-electron chi connectivity index (χ1n) is 5.82. The van der Waals surface area contributed by atoms with Crippen molar-refractivity contribution in [1.29, 1.82) is 0 Å². The molecule has 1 amide bonds. The van der Waals surface area contributed by atoms with Gasteiger partial charge in [0.2, 0.25) is 5.91 Å². The lowest BCUT2D eigenvalue weighted by Crippen LogP contribution is -2.35. The van der Waals surface area contributed by atoms with Gasteiger partial charge in [0, 0.05) is 13.1 Å². The second-order valence-corrected chi connectivity index (χ2v) is 4.46. The van der Waals surface area contributed by atoms with Crippen LogP contribution in [-0.2, 0) is 4.79 Å². The number of rotatable bonds is 6. The van der Waals surface area contributed by atoms with Crippen molar-refractivity contribution in [2.24, 2.45) is 0 Å². The lowest BCUT2D eigenvalue weighted by Gasteiger charge is -2.18. The van der Waals surface area contributed by atoms with Crippen LogP contribution in [0.25, 0.3) is 0 Å². The normalized spacial score (nSPS) is 21.7. The minimum absolute atomic E-state index is 0.0760. The van der Waals surface area contributed by atoms with Gasteiger partial charge in [0.1, 0.15) is 0 Å². The van der Waals surface area contributed by atoms with Gasteiger partial charge in [-0.15, -0.1) is 0 Å².